The molecule has 2 aromatic heterocycles. The summed E-state index contributed by atoms with van der Waals surface area (Å²) in [6.07, 6.45) is 0.231. The Kier molecular flexibility index (Phi) is 4.35. The lowest BCUT2D eigenvalue weighted by atomic mass is 10.2. The van der Waals surface area contributed by atoms with Gasteiger partial charge in [0.05, 0.1) is 17.9 Å². The monoisotopic (exact) mass is 336 g/mol. The number of pyridine rings is 1. The van der Waals surface area contributed by atoms with Gasteiger partial charge in [0.2, 0.25) is 0 Å². The molecule has 0 bridgehead atoms. The van der Waals surface area contributed by atoms with Gasteiger partial charge in [-0.15, -0.1) is 11.3 Å². The molecule has 0 radical (unpaired) electrons. The highest BCUT2D eigenvalue weighted by molar-refractivity contribution is 7.86. The van der Waals surface area contributed by atoms with Crippen LogP contribution in [0.3, 0.4) is 0 Å². The van der Waals surface area contributed by atoms with E-state index in [9.17, 15) is 9.00 Å². The quantitative estimate of drug-likeness (QED) is 0.782. The lowest BCUT2D eigenvalue weighted by Crippen LogP contribution is -2.41. The van der Waals surface area contributed by atoms with Crippen molar-refractivity contribution in [3.05, 3.63) is 39.6 Å². The number of hydrogen-bond donors (Lipinski definition) is 0. The molecule has 3 heterocycles. The number of aromatic nitrogens is 2. The average Bonchev–Trinajstić information content (AvgIpc) is 2.81. The maximum absolute atomic E-state index is 12.3. The number of nitrogens with zero attached hydrogens (tertiary/aromatic N) is 2. The van der Waals surface area contributed by atoms with Crippen molar-refractivity contribution in [3.8, 4) is 5.75 Å². The minimum absolute atomic E-state index is 0.0211. The number of Topliss-reactive ketones (excluding diaryl/α,β-unsaturated/α-hetero) is 1. The summed E-state index contributed by atoms with van der Waals surface area (Å²) in [4.78, 5) is 20.9. The summed E-state index contributed by atoms with van der Waals surface area (Å²) < 4.78 is 16.9. The van der Waals surface area contributed by atoms with E-state index >= 15 is 0 Å². The second-order valence-electron chi connectivity index (χ2n) is 5.33. The normalized spacial score (nSPS) is 20.5. The molecule has 22 heavy (non-hydrogen) atoms. The second kappa shape index (κ2) is 6.26. The third-order valence-electron chi connectivity index (χ3n) is 3.24. The van der Waals surface area contributed by atoms with Crippen LogP contribution < -0.4 is 4.74 Å². The van der Waals surface area contributed by atoms with Gasteiger partial charge in [0, 0.05) is 39.7 Å². The number of ketones is 1. The van der Waals surface area contributed by atoms with Gasteiger partial charge in [0.1, 0.15) is 22.6 Å². The van der Waals surface area contributed by atoms with E-state index in [0.717, 1.165) is 16.4 Å². The molecule has 0 spiro atoms. The molecule has 0 unspecified atom stereocenters. The van der Waals surface area contributed by atoms with Crippen LogP contribution in [0.2, 0.25) is 0 Å². The van der Waals surface area contributed by atoms with Crippen LogP contribution in [-0.4, -0.2) is 37.6 Å². The van der Waals surface area contributed by atoms with Crippen molar-refractivity contribution < 1.29 is 13.7 Å². The molecule has 1 aliphatic heterocycles. The van der Waals surface area contributed by atoms with Crippen LogP contribution in [0.4, 0.5) is 0 Å². The molecule has 0 saturated carbocycles. The molecule has 0 N–H and O–H groups in total. The Morgan fingerprint density at radius 1 is 1.32 bits per heavy atom. The van der Waals surface area contributed by atoms with E-state index in [-0.39, 0.29) is 18.3 Å². The smallest absolute Gasteiger partial charge is 0.188 e. The van der Waals surface area contributed by atoms with Crippen molar-refractivity contribution in [3.63, 3.8) is 0 Å². The van der Waals surface area contributed by atoms with Gasteiger partial charge in [0.15, 0.2) is 5.78 Å². The summed E-state index contributed by atoms with van der Waals surface area (Å²) >= 11 is 1.48. The van der Waals surface area contributed by atoms with E-state index in [2.05, 4.69) is 9.97 Å². The zero-order valence-corrected chi connectivity index (χ0v) is 14.0. The first kappa shape index (κ1) is 15.3. The molecule has 0 aliphatic carbocycles. The van der Waals surface area contributed by atoms with Gasteiger partial charge in [0.25, 0.3) is 0 Å². The lowest BCUT2D eigenvalue weighted by molar-refractivity contribution is 0.0987. The highest BCUT2D eigenvalue weighted by atomic mass is 32.2. The van der Waals surface area contributed by atoms with Crippen molar-refractivity contribution >= 4 is 27.9 Å². The Morgan fingerprint density at radius 3 is 2.73 bits per heavy atom. The lowest BCUT2D eigenvalue weighted by Gasteiger charge is -2.26. The van der Waals surface area contributed by atoms with Gasteiger partial charge in [-0.3, -0.25) is 9.00 Å². The third kappa shape index (κ3) is 3.59. The molecule has 1 saturated heterocycles. The summed E-state index contributed by atoms with van der Waals surface area (Å²) in [6, 6.07) is 3.46. The number of ether oxygens (including phenoxy) is 1. The number of rotatable bonds is 5. The fourth-order valence-electron chi connectivity index (χ4n) is 2.19. The zero-order valence-electron chi connectivity index (χ0n) is 12.4. The fourth-order valence-corrected chi connectivity index (χ4v) is 3.82. The first-order valence-corrected chi connectivity index (χ1v) is 9.31. The molecule has 2 aromatic rings. The fraction of sp³-hybridized carbons (Fsp3) is 0.400. The van der Waals surface area contributed by atoms with E-state index in [1.165, 1.54) is 11.3 Å². The van der Waals surface area contributed by atoms with Crippen molar-refractivity contribution in [2.24, 2.45) is 0 Å². The molecule has 0 atom stereocenters. The largest absolute Gasteiger partial charge is 0.488 e. The van der Waals surface area contributed by atoms with Gasteiger partial charge in [-0.1, -0.05) is 0 Å². The van der Waals surface area contributed by atoms with E-state index in [1.54, 1.807) is 12.1 Å². The van der Waals surface area contributed by atoms with Crippen LogP contribution in [-0.2, 0) is 17.2 Å². The van der Waals surface area contributed by atoms with Crippen LogP contribution in [0.1, 0.15) is 26.9 Å². The minimum atomic E-state index is -0.754. The average molecular weight is 336 g/mol. The van der Waals surface area contributed by atoms with E-state index in [4.69, 9.17) is 4.74 Å². The second-order valence-corrected chi connectivity index (χ2v) is 7.81. The van der Waals surface area contributed by atoms with Gasteiger partial charge in [-0.2, -0.15) is 0 Å². The van der Waals surface area contributed by atoms with Crippen LogP contribution in [0.15, 0.2) is 17.5 Å². The number of hydrogen-bond acceptors (Lipinski definition) is 6. The zero-order chi connectivity index (χ0) is 15.7. The highest BCUT2D eigenvalue weighted by Gasteiger charge is 2.27. The van der Waals surface area contributed by atoms with Gasteiger partial charge in [-0.25, -0.2) is 9.97 Å². The van der Waals surface area contributed by atoms with Crippen LogP contribution in [0.5, 0.6) is 5.75 Å². The summed E-state index contributed by atoms with van der Waals surface area (Å²) in [6.45, 7) is 3.74. The van der Waals surface area contributed by atoms with Gasteiger partial charge in [-0.05, 0) is 13.8 Å². The van der Waals surface area contributed by atoms with Crippen molar-refractivity contribution in [1.29, 1.82) is 0 Å². The topological polar surface area (TPSA) is 69.2 Å². The van der Waals surface area contributed by atoms with Crippen molar-refractivity contribution in [2.45, 2.75) is 26.4 Å². The van der Waals surface area contributed by atoms with Crippen molar-refractivity contribution in [2.75, 3.05) is 11.5 Å². The SMILES string of the molecule is Cc1cc(OC2CS(=O)C2)cc(C(=O)Cc2nc(C)cs2)n1. The molecule has 1 aliphatic rings. The minimum Gasteiger partial charge on any atom is -0.488 e. The predicted octanol–water partition coefficient (Wildman–Crippen LogP) is 2.09. The van der Waals surface area contributed by atoms with E-state index < -0.39 is 10.8 Å². The first-order valence-electron chi connectivity index (χ1n) is 6.94. The molecular weight excluding hydrogens is 320 g/mol. The van der Waals surface area contributed by atoms with Crippen molar-refractivity contribution in [1.82, 2.24) is 9.97 Å². The number of carbonyl (C=O) groups is 1. The van der Waals surface area contributed by atoms with Crippen LogP contribution >= 0.6 is 11.3 Å². The summed E-state index contributed by atoms with van der Waals surface area (Å²) in [5.74, 6) is 1.67. The third-order valence-corrected chi connectivity index (χ3v) is 5.69. The predicted molar refractivity (Wildman–Crippen MR) is 86.2 cm³/mol. The molecule has 5 nitrogen and oxygen atoms in total. The van der Waals surface area contributed by atoms with Crippen LogP contribution in [0, 0.1) is 13.8 Å². The molecule has 7 heteroatoms. The standard InChI is InChI=1S/C15H16N2O3S2/c1-9-3-11(20-12-7-22(19)8-12)4-13(16-9)14(18)5-15-17-10(2)6-21-15/h3-4,6,12H,5,7-8H2,1-2H3. The molecule has 0 amide bonds. The molecule has 0 aromatic carbocycles. The molecule has 3 rings (SSSR count). The summed E-state index contributed by atoms with van der Waals surface area (Å²) in [5, 5.41) is 2.72. The Balaban J connectivity index is 1.73. The van der Waals surface area contributed by atoms with E-state index in [1.807, 2.05) is 19.2 Å². The number of carbonyl (C=O) groups excluding carboxylic acids is 1. The Morgan fingerprint density at radius 2 is 2.09 bits per heavy atom. The Bertz CT molecular complexity index is 734. The maximum Gasteiger partial charge on any atom is 0.188 e. The number of aryl methyl sites for hydroxylation is 2. The Labute approximate surface area is 135 Å². The molecule has 1 fully saturated rings. The summed E-state index contributed by atoms with van der Waals surface area (Å²) in [7, 11) is -0.754. The van der Waals surface area contributed by atoms with Crippen LogP contribution in [0.25, 0.3) is 0 Å². The Hall–Kier alpha value is -1.60. The molecular formula is C15H16N2O3S2. The number of thiazole rings is 1. The van der Waals surface area contributed by atoms with Gasteiger partial charge >= 0.3 is 0 Å². The maximum atomic E-state index is 12.3. The van der Waals surface area contributed by atoms with E-state index in [0.29, 0.717) is 22.9 Å². The summed E-state index contributed by atoms with van der Waals surface area (Å²) in [5.41, 5.74) is 2.05. The first-order chi connectivity index (χ1) is 10.5. The highest BCUT2D eigenvalue weighted by Crippen LogP contribution is 2.21. The van der Waals surface area contributed by atoms with Gasteiger partial charge < -0.3 is 4.74 Å². The molecule has 116 valence electrons.